The van der Waals surface area contributed by atoms with Crippen LogP contribution in [0.3, 0.4) is 0 Å². The number of halogens is 3. The maximum absolute atomic E-state index is 17.4. The van der Waals surface area contributed by atoms with E-state index in [2.05, 4.69) is 11.8 Å². The first kappa shape index (κ1) is 32.7. The van der Waals surface area contributed by atoms with Gasteiger partial charge in [0.05, 0.1) is 28.2 Å². The van der Waals surface area contributed by atoms with Crippen LogP contribution in [0.25, 0.3) is 33.1 Å². The summed E-state index contributed by atoms with van der Waals surface area (Å²) in [5, 5.41) is 17.5. The lowest BCUT2D eigenvalue weighted by Crippen LogP contribution is -2.46. The van der Waals surface area contributed by atoms with Crippen molar-refractivity contribution in [3.05, 3.63) is 34.9 Å². The summed E-state index contributed by atoms with van der Waals surface area (Å²) in [5.41, 5.74) is 1.17. The standard InChI is InChI=1S/C37H44ClF2N7O3/c1-21-13-23(21)29-26(38)14-27-24(17-42-47(27)28-7-3-4-12-49-28)30(29)33-31(40)32-25(16-41-33)34(45-10-5-8-36(2,48)19-45)44-35(43-32)50-20-37-9-6-11-46(37)18-22(39)15-37/h14,16-17,21-23,28,48H,3-13,15,18-20H2,1-2H3/t21?,22-,23?,28?,36?,37+/m1/s1. The van der Waals surface area contributed by atoms with Gasteiger partial charge < -0.3 is 19.5 Å². The van der Waals surface area contributed by atoms with Gasteiger partial charge in [0.25, 0.3) is 0 Å². The molecule has 4 saturated heterocycles. The fourth-order valence-electron chi connectivity index (χ4n) is 9.21. The number of pyridine rings is 1. The van der Waals surface area contributed by atoms with Gasteiger partial charge in [-0.15, -0.1) is 0 Å². The Hall–Kier alpha value is -3.19. The number of benzene rings is 1. The zero-order valence-corrected chi connectivity index (χ0v) is 29.4. The van der Waals surface area contributed by atoms with Crippen molar-refractivity contribution in [2.24, 2.45) is 5.92 Å². The van der Waals surface area contributed by atoms with Crippen LogP contribution in [0, 0.1) is 11.7 Å². The Morgan fingerprint density at radius 2 is 1.96 bits per heavy atom. The molecule has 0 bridgehead atoms. The molecule has 0 spiro atoms. The number of rotatable bonds is 7. The smallest absolute Gasteiger partial charge is 0.319 e. The summed E-state index contributed by atoms with van der Waals surface area (Å²) in [7, 11) is 0. The van der Waals surface area contributed by atoms with Crippen molar-refractivity contribution in [1.29, 1.82) is 0 Å². The Balaban J connectivity index is 1.19. The van der Waals surface area contributed by atoms with Crippen molar-refractivity contribution in [1.82, 2.24) is 29.6 Å². The molecule has 1 N–H and O–H groups in total. The Kier molecular flexibility index (Phi) is 7.98. The zero-order valence-electron chi connectivity index (χ0n) is 28.7. The largest absolute Gasteiger partial charge is 0.461 e. The topological polar surface area (TPSA) is 102 Å². The molecule has 13 heteroatoms. The van der Waals surface area contributed by atoms with Gasteiger partial charge in [0, 0.05) is 54.8 Å². The number of β-amino-alcohol motifs (C(OH)–C–C–N with tert-alkyl or cyclic N) is 1. The van der Waals surface area contributed by atoms with Crippen LogP contribution in [-0.2, 0) is 4.74 Å². The van der Waals surface area contributed by atoms with Crippen molar-refractivity contribution in [3.8, 4) is 17.3 Å². The lowest BCUT2D eigenvalue weighted by Gasteiger charge is -2.38. The number of nitrogens with zero attached hydrogens (tertiary/aromatic N) is 7. The molecular formula is C37H44ClF2N7O3. The maximum Gasteiger partial charge on any atom is 0.319 e. The highest BCUT2D eigenvalue weighted by Crippen LogP contribution is 2.54. The van der Waals surface area contributed by atoms with Gasteiger partial charge in [0.2, 0.25) is 0 Å². The van der Waals surface area contributed by atoms with Crippen molar-refractivity contribution in [3.63, 3.8) is 0 Å². The van der Waals surface area contributed by atoms with Crippen LogP contribution in [0.4, 0.5) is 14.6 Å². The normalized spacial score (nSPS) is 31.5. The molecule has 5 fully saturated rings. The summed E-state index contributed by atoms with van der Waals surface area (Å²) in [4.78, 5) is 18.5. The van der Waals surface area contributed by atoms with Crippen LogP contribution in [0.5, 0.6) is 6.01 Å². The van der Waals surface area contributed by atoms with Gasteiger partial charge in [-0.3, -0.25) is 9.88 Å². The molecule has 1 saturated carbocycles. The van der Waals surface area contributed by atoms with E-state index in [0.29, 0.717) is 66.8 Å². The van der Waals surface area contributed by atoms with E-state index < -0.39 is 23.1 Å². The van der Waals surface area contributed by atoms with Gasteiger partial charge in [-0.1, -0.05) is 18.5 Å². The minimum Gasteiger partial charge on any atom is -0.461 e. The van der Waals surface area contributed by atoms with Crippen LogP contribution in [-0.4, -0.2) is 91.4 Å². The third kappa shape index (κ3) is 5.52. The van der Waals surface area contributed by atoms with E-state index in [4.69, 9.17) is 41.1 Å². The quantitative estimate of drug-likeness (QED) is 0.218. The molecule has 50 heavy (non-hydrogen) atoms. The first-order valence-electron chi connectivity index (χ1n) is 18.3. The van der Waals surface area contributed by atoms with E-state index in [0.717, 1.165) is 68.0 Å². The lowest BCUT2D eigenvalue weighted by atomic mass is 9.94. The Bertz CT molecular complexity index is 1970. The molecule has 4 aliphatic heterocycles. The highest BCUT2D eigenvalue weighted by Gasteiger charge is 2.49. The second kappa shape index (κ2) is 12.2. The zero-order chi connectivity index (χ0) is 34.4. The summed E-state index contributed by atoms with van der Waals surface area (Å²) in [6, 6.07) is 1.97. The molecule has 1 aromatic carbocycles. The number of hydrogen-bond acceptors (Lipinski definition) is 9. The fraction of sp³-hybridized carbons (Fsp3) is 0.622. The number of alkyl halides is 1. The molecule has 9 rings (SSSR count). The maximum atomic E-state index is 17.4. The molecule has 0 radical (unpaired) electrons. The van der Waals surface area contributed by atoms with E-state index >= 15 is 4.39 Å². The molecule has 7 heterocycles. The van der Waals surface area contributed by atoms with Crippen LogP contribution in [0.1, 0.15) is 89.3 Å². The summed E-state index contributed by atoms with van der Waals surface area (Å²) in [6.07, 6.45) is 9.75. The van der Waals surface area contributed by atoms with Crippen molar-refractivity contribution < 1.29 is 23.4 Å². The fourth-order valence-corrected chi connectivity index (χ4v) is 9.55. The summed E-state index contributed by atoms with van der Waals surface area (Å²) >= 11 is 7.09. The van der Waals surface area contributed by atoms with Crippen LogP contribution < -0.4 is 9.64 Å². The number of aromatic nitrogens is 5. The molecule has 5 aliphatic rings. The van der Waals surface area contributed by atoms with Gasteiger partial charge in [0.1, 0.15) is 29.8 Å². The van der Waals surface area contributed by atoms with E-state index in [9.17, 15) is 9.50 Å². The highest BCUT2D eigenvalue weighted by molar-refractivity contribution is 6.33. The van der Waals surface area contributed by atoms with Crippen molar-refractivity contribution >= 4 is 39.2 Å². The second-order valence-corrected chi connectivity index (χ2v) is 16.1. The van der Waals surface area contributed by atoms with Crippen LogP contribution >= 0.6 is 11.6 Å². The molecule has 3 aromatic heterocycles. The number of aliphatic hydroxyl groups is 1. The molecule has 10 nitrogen and oxygen atoms in total. The number of hydrogen-bond donors (Lipinski definition) is 1. The minimum absolute atomic E-state index is 0.0341. The first-order chi connectivity index (χ1) is 24.1. The van der Waals surface area contributed by atoms with Crippen molar-refractivity contribution in [2.75, 3.05) is 44.3 Å². The third-order valence-corrected chi connectivity index (χ3v) is 12.2. The molecule has 6 atom stereocenters. The second-order valence-electron chi connectivity index (χ2n) is 15.7. The van der Waals surface area contributed by atoms with Crippen LogP contribution in [0.15, 0.2) is 18.5 Å². The van der Waals surface area contributed by atoms with Crippen molar-refractivity contribution in [2.45, 2.75) is 101 Å². The first-order valence-corrected chi connectivity index (χ1v) is 18.7. The Labute approximate surface area is 295 Å². The molecule has 0 amide bonds. The SMILES string of the molecule is CC1CC1c1c(Cl)cc2c(cnn2C2CCCCO2)c1-c1ncc2c(N3CCCC(C)(O)C3)nc(OC[C@@]34CCCN3C[C@H](F)C4)nc2c1F. The van der Waals surface area contributed by atoms with Gasteiger partial charge in [-0.2, -0.15) is 15.1 Å². The summed E-state index contributed by atoms with van der Waals surface area (Å²) < 4.78 is 46.3. The number of piperidine rings is 1. The molecular weight excluding hydrogens is 664 g/mol. The number of anilines is 1. The molecule has 266 valence electrons. The number of fused-ring (bicyclic) bond motifs is 3. The average Bonchev–Trinajstić information content (AvgIpc) is 3.36. The van der Waals surface area contributed by atoms with Crippen LogP contribution in [0.2, 0.25) is 5.02 Å². The monoisotopic (exact) mass is 707 g/mol. The number of ether oxygens (including phenoxy) is 2. The van der Waals surface area contributed by atoms with Gasteiger partial charge in [-0.05, 0) is 88.3 Å². The summed E-state index contributed by atoms with van der Waals surface area (Å²) in [5.74, 6) is 0.444. The van der Waals surface area contributed by atoms with E-state index in [-0.39, 0.29) is 36.0 Å². The molecule has 4 aromatic rings. The average molecular weight is 708 g/mol. The van der Waals surface area contributed by atoms with Gasteiger partial charge in [-0.25, -0.2) is 13.5 Å². The highest BCUT2D eigenvalue weighted by atomic mass is 35.5. The van der Waals surface area contributed by atoms with E-state index in [1.165, 1.54) is 0 Å². The van der Waals surface area contributed by atoms with E-state index in [1.807, 2.05) is 22.6 Å². The van der Waals surface area contributed by atoms with Gasteiger partial charge >= 0.3 is 6.01 Å². The third-order valence-electron chi connectivity index (χ3n) is 11.9. The molecule has 4 unspecified atom stereocenters. The van der Waals surface area contributed by atoms with Gasteiger partial charge in [0.15, 0.2) is 12.0 Å². The predicted molar refractivity (Wildman–Crippen MR) is 187 cm³/mol. The lowest BCUT2D eigenvalue weighted by molar-refractivity contribution is -0.0366. The molecule has 1 aliphatic carbocycles. The predicted octanol–water partition coefficient (Wildman–Crippen LogP) is 6.96. The summed E-state index contributed by atoms with van der Waals surface area (Å²) in [6.45, 7) is 7.06. The minimum atomic E-state index is -0.934. The Morgan fingerprint density at radius 3 is 2.74 bits per heavy atom. The Morgan fingerprint density at radius 1 is 1.12 bits per heavy atom. The van der Waals surface area contributed by atoms with E-state index in [1.54, 1.807) is 12.4 Å².